The Balaban J connectivity index is 0.00000128. The van der Waals surface area contributed by atoms with Gasteiger partial charge in [-0.1, -0.05) is 0 Å². The molecule has 0 unspecified atom stereocenters. The van der Waals surface area contributed by atoms with E-state index in [2.05, 4.69) is 15.7 Å². The average molecular weight is 245 g/mol. The molecule has 1 aliphatic heterocycles. The maximum atomic E-state index is 11.8. The number of rotatable bonds is 2. The Morgan fingerprint density at radius 3 is 2.94 bits per heavy atom. The minimum Gasteiger partial charge on any atom is -0.323 e. The van der Waals surface area contributed by atoms with E-state index >= 15 is 0 Å². The van der Waals surface area contributed by atoms with Crippen LogP contribution in [0.3, 0.4) is 0 Å². The molecule has 1 atom stereocenters. The van der Waals surface area contributed by atoms with Gasteiger partial charge >= 0.3 is 0 Å². The molecule has 0 radical (unpaired) electrons. The van der Waals surface area contributed by atoms with Gasteiger partial charge in [-0.3, -0.25) is 9.48 Å². The molecule has 1 amide bonds. The van der Waals surface area contributed by atoms with Crippen molar-refractivity contribution < 1.29 is 4.79 Å². The molecule has 0 aliphatic carbocycles. The highest BCUT2D eigenvalue weighted by atomic mass is 35.5. The molecule has 0 bridgehead atoms. The number of halogens is 1. The third kappa shape index (κ3) is 2.54. The number of carbonyl (C=O) groups is 1. The maximum Gasteiger partial charge on any atom is 0.228 e. The normalized spacial score (nSPS) is 19.2. The second-order valence-corrected chi connectivity index (χ2v) is 3.95. The van der Waals surface area contributed by atoms with Crippen molar-refractivity contribution in [2.45, 2.75) is 13.3 Å². The fourth-order valence-corrected chi connectivity index (χ4v) is 1.73. The SMILES string of the molecule is Cc1c(NC(=O)[C@@H]2CCNC2)cnn1C.Cl. The summed E-state index contributed by atoms with van der Waals surface area (Å²) in [4.78, 5) is 11.8. The Morgan fingerprint density at radius 2 is 2.44 bits per heavy atom. The lowest BCUT2D eigenvalue weighted by Crippen LogP contribution is -2.24. The van der Waals surface area contributed by atoms with Gasteiger partial charge in [0.2, 0.25) is 5.91 Å². The first-order valence-electron chi connectivity index (χ1n) is 5.18. The number of carbonyl (C=O) groups excluding carboxylic acids is 1. The van der Waals surface area contributed by atoms with Gasteiger partial charge in [0, 0.05) is 13.6 Å². The molecule has 16 heavy (non-hydrogen) atoms. The van der Waals surface area contributed by atoms with Crippen molar-refractivity contribution in [3.63, 3.8) is 0 Å². The van der Waals surface area contributed by atoms with Gasteiger partial charge in [-0.2, -0.15) is 5.10 Å². The maximum absolute atomic E-state index is 11.8. The zero-order valence-corrected chi connectivity index (χ0v) is 10.3. The van der Waals surface area contributed by atoms with E-state index in [-0.39, 0.29) is 24.2 Å². The van der Waals surface area contributed by atoms with Crippen molar-refractivity contribution in [3.05, 3.63) is 11.9 Å². The van der Waals surface area contributed by atoms with Gasteiger partial charge in [0.1, 0.15) is 0 Å². The van der Waals surface area contributed by atoms with E-state index in [9.17, 15) is 4.79 Å². The summed E-state index contributed by atoms with van der Waals surface area (Å²) in [6.07, 6.45) is 2.61. The Morgan fingerprint density at radius 1 is 1.69 bits per heavy atom. The zero-order chi connectivity index (χ0) is 10.8. The number of aryl methyl sites for hydroxylation is 1. The van der Waals surface area contributed by atoms with Crippen LogP contribution in [-0.2, 0) is 11.8 Å². The fourth-order valence-electron chi connectivity index (χ4n) is 1.73. The van der Waals surface area contributed by atoms with Gasteiger partial charge in [-0.05, 0) is 19.9 Å². The summed E-state index contributed by atoms with van der Waals surface area (Å²) < 4.78 is 1.75. The van der Waals surface area contributed by atoms with E-state index in [4.69, 9.17) is 0 Å². The van der Waals surface area contributed by atoms with Gasteiger partial charge < -0.3 is 10.6 Å². The van der Waals surface area contributed by atoms with Gasteiger partial charge in [0.15, 0.2) is 0 Å². The zero-order valence-electron chi connectivity index (χ0n) is 9.49. The van der Waals surface area contributed by atoms with Crippen LogP contribution in [0.2, 0.25) is 0 Å². The largest absolute Gasteiger partial charge is 0.323 e. The lowest BCUT2D eigenvalue weighted by Gasteiger charge is -2.08. The number of anilines is 1. The van der Waals surface area contributed by atoms with Crippen LogP contribution >= 0.6 is 12.4 Å². The number of aromatic nitrogens is 2. The molecule has 90 valence electrons. The van der Waals surface area contributed by atoms with E-state index in [1.54, 1.807) is 10.9 Å². The van der Waals surface area contributed by atoms with Crippen LogP contribution in [0.4, 0.5) is 5.69 Å². The highest BCUT2D eigenvalue weighted by Gasteiger charge is 2.23. The molecule has 1 aliphatic rings. The van der Waals surface area contributed by atoms with Crippen LogP contribution in [0.5, 0.6) is 0 Å². The molecule has 2 N–H and O–H groups in total. The van der Waals surface area contributed by atoms with Crippen LogP contribution in [0.1, 0.15) is 12.1 Å². The molecule has 2 heterocycles. The third-order valence-corrected chi connectivity index (χ3v) is 2.92. The van der Waals surface area contributed by atoms with Crippen LogP contribution in [0.15, 0.2) is 6.20 Å². The second kappa shape index (κ2) is 5.32. The standard InChI is InChI=1S/C10H16N4O.ClH/c1-7-9(6-12-14(7)2)13-10(15)8-3-4-11-5-8;/h6,8,11H,3-5H2,1-2H3,(H,13,15);1H/t8-;/m1./s1. The van der Waals surface area contributed by atoms with Crippen molar-refractivity contribution in [1.29, 1.82) is 0 Å². The lowest BCUT2D eigenvalue weighted by atomic mass is 10.1. The molecule has 0 aromatic carbocycles. The number of nitrogens with one attached hydrogen (secondary N) is 2. The predicted octanol–water partition coefficient (Wildman–Crippen LogP) is 0.698. The molecule has 5 nitrogen and oxygen atoms in total. The average Bonchev–Trinajstić information content (AvgIpc) is 2.83. The smallest absolute Gasteiger partial charge is 0.228 e. The molecule has 6 heteroatoms. The molecule has 1 aromatic rings. The van der Waals surface area contributed by atoms with Crippen molar-refractivity contribution >= 4 is 24.0 Å². The van der Waals surface area contributed by atoms with Crippen molar-refractivity contribution in [3.8, 4) is 0 Å². The third-order valence-electron chi connectivity index (χ3n) is 2.92. The number of hydrogen-bond acceptors (Lipinski definition) is 3. The Bertz CT molecular complexity index is 371. The minimum atomic E-state index is 0. The van der Waals surface area contributed by atoms with E-state index in [0.717, 1.165) is 30.9 Å². The van der Waals surface area contributed by atoms with Crippen molar-refractivity contribution in [2.24, 2.45) is 13.0 Å². The summed E-state index contributed by atoms with van der Waals surface area (Å²) in [6.45, 7) is 3.66. The molecular formula is C10H17ClN4O. The summed E-state index contributed by atoms with van der Waals surface area (Å²) in [5.74, 6) is 0.195. The molecule has 0 saturated carbocycles. The first-order valence-corrected chi connectivity index (χ1v) is 5.18. The Labute approximate surface area is 101 Å². The first kappa shape index (κ1) is 13.0. The van der Waals surface area contributed by atoms with E-state index in [0.29, 0.717) is 0 Å². The van der Waals surface area contributed by atoms with E-state index in [1.807, 2.05) is 14.0 Å². The number of nitrogens with zero attached hydrogens (tertiary/aromatic N) is 2. The second-order valence-electron chi connectivity index (χ2n) is 3.95. The molecule has 2 rings (SSSR count). The molecule has 0 spiro atoms. The predicted molar refractivity (Wildman–Crippen MR) is 64.8 cm³/mol. The van der Waals surface area contributed by atoms with E-state index < -0.39 is 0 Å². The minimum absolute atomic E-state index is 0. The monoisotopic (exact) mass is 244 g/mol. The summed E-state index contributed by atoms with van der Waals surface area (Å²) in [6, 6.07) is 0. The number of hydrogen-bond donors (Lipinski definition) is 2. The fraction of sp³-hybridized carbons (Fsp3) is 0.600. The lowest BCUT2D eigenvalue weighted by molar-refractivity contribution is -0.119. The summed E-state index contributed by atoms with van der Waals surface area (Å²) in [7, 11) is 1.86. The van der Waals surface area contributed by atoms with Crippen molar-refractivity contribution in [2.75, 3.05) is 18.4 Å². The van der Waals surface area contributed by atoms with Crippen LogP contribution < -0.4 is 10.6 Å². The van der Waals surface area contributed by atoms with E-state index in [1.165, 1.54) is 0 Å². The van der Waals surface area contributed by atoms with Gasteiger partial charge in [0.05, 0.1) is 23.5 Å². The van der Waals surface area contributed by atoms with Crippen LogP contribution in [-0.4, -0.2) is 28.8 Å². The summed E-state index contributed by atoms with van der Waals surface area (Å²) in [5.41, 5.74) is 1.80. The Kier molecular flexibility index (Phi) is 4.32. The van der Waals surface area contributed by atoms with Gasteiger partial charge in [-0.25, -0.2) is 0 Å². The first-order chi connectivity index (χ1) is 7.18. The molecule has 1 saturated heterocycles. The Hall–Kier alpha value is -1.07. The van der Waals surface area contributed by atoms with Crippen LogP contribution in [0.25, 0.3) is 0 Å². The van der Waals surface area contributed by atoms with Crippen molar-refractivity contribution in [1.82, 2.24) is 15.1 Å². The summed E-state index contributed by atoms with van der Waals surface area (Å²) in [5, 5.41) is 10.2. The quantitative estimate of drug-likeness (QED) is 0.805. The molecule has 1 fully saturated rings. The summed E-state index contributed by atoms with van der Waals surface area (Å²) >= 11 is 0. The van der Waals surface area contributed by atoms with Crippen LogP contribution in [0, 0.1) is 12.8 Å². The van der Waals surface area contributed by atoms with Gasteiger partial charge in [0.25, 0.3) is 0 Å². The number of amides is 1. The molecule has 1 aromatic heterocycles. The topological polar surface area (TPSA) is 59.0 Å². The molecular weight excluding hydrogens is 228 g/mol. The van der Waals surface area contributed by atoms with Gasteiger partial charge in [-0.15, -0.1) is 12.4 Å². The highest BCUT2D eigenvalue weighted by molar-refractivity contribution is 5.93. The highest BCUT2D eigenvalue weighted by Crippen LogP contribution is 2.15.